The highest BCUT2D eigenvalue weighted by Crippen LogP contribution is 2.34. The number of nitrogens with zero attached hydrogens (tertiary/aromatic N) is 2. The van der Waals surface area contributed by atoms with Crippen molar-refractivity contribution in [2.24, 2.45) is 0 Å². The summed E-state index contributed by atoms with van der Waals surface area (Å²) < 4.78 is 7.25. The van der Waals surface area contributed by atoms with E-state index in [9.17, 15) is 4.79 Å². The number of thiazole rings is 1. The van der Waals surface area contributed by atoms with Crippen molar-refractivity contribution in [3.8, 4) is 0 Å². The van der Waals surface area contributed by atoms with Crippen molar-refractivity contribution < 1.29 is 9.21 Å². The lowest BCUT2D eigenvalue weighted by Gasteiger charge is -2.18. The average molecular weight is 431 g/mol. The molecule has 0 aliphatic carbocycles. The van der Waals surface area contributed by atoms with Crippen molar-refractivity contribution in [3.63, 3.8) is 0 Å². The molecule has 0 N–H and O–H groups in total. The van der Waals surface area contributed by atoms with Gasteiger partial charge in [-0.3, -0.25) is 9.69 Å². The minimum atomic E-state index is -0.0277. The van der Waals surface area contributed by atoms with Crippen LogP contribution in [0, 0.1) is 0 Å². The molecule has 4 aromatic rings. The zero-order valence-electron chi connectivity index (χ0n) is 15.5. The standard InChI is InChI=1S/C21H19ClN2O2S2/c1-13(2)16-6-3-7-17-20(16)23-21(28-17)24(12-14-5-4-10-26-14)19(25)11-15-8-9-18(22)27-15/h3-10,13H,11-12H2,1-2H3. The highest BCUT2D eigenvalue weighted by molar-refractivity contribution is 7.22. The van der Waals surface area contributed by atoms with Gasteiger partial charge in [-0.2, -0.15) is 0 Å². The number of fused-ring (bicyclic) bond motifs is 1. The molecule has 0 spiro atoms. The van der Waals surface area contributed by atoms with Crippen LogP contribution in [-0.4, -0.2) is 10.9 Å². The molecule has 0 saturated heterocycles. The number of benzene rings is 1. The molecule has 0 unspecified atom stereocenters. The number of thiophene rings is 1. The SMILES string of the molecule is CC(C)c1cccc2sc(N(Cc3ccco3)C(=O)Cc3ccc(Cl)s3)nc12. The Morgan fingerprint density at radius 1 is 1.18 bits per heavy atom. The van der Waals surface area contributed by atoms with E-state index in [2.05, 4.69) is 26.0 Å². The third kappa shape index (κ3) is 3.99. The molecule has 7 heteroatoms. The summed E-state index contributed by atoms with van der Waals surface area (Å²) in [7, 11) is 0. The second kappa shape index (κ2) is 8.07. The number of hydrogen-bond acceptors (Lipinski definition) is 5. The van der Waals surface area contributed by atoms with Crippen molar-refractivity contribution in [2.45, 2.75) is 32.7 Å². The van der Waals surface area contributed by atoms with Crippen LogP contribution in [0.1, 0.15) is 36.0 Å². The predicted molar refractivity (Wildman–Crippen MR) is 117 cm³/mol. The molecule has 3 aromatic heterocycles. The van der Waals surface area contributed by atoms with Gasteiger partial charge in [0.05, 0.1) is 33.8 Å². The molecule has 1 aromatic carbocycles. The monoisotopic (exact) mass is 430 g/mol. The number of carbonyl (C=O) groups is 1. The Hall–Kier alpha value is -2.15. The number of amides is 1. The van der Waals surface area contributed by atoms with Gasteiger partial charge in [-0.05, 0) is 41.8 Å². The van der Waals surface area contributed by atoms with Crippen LogP contribution in [0.5, 0.6) is 0 Å². The predicted octanol–water partition coefficient (Wildman–Crippen LogP) is 6.50. The van der Waals surface area contributed by atoms with Gasteiger partial charge in [0, 0.05) is 4.88 Å². The Morgan fingerprint density at radius 3 is 2.71 bits per heavy atom. The number of aromatic nitrogens is 1. The van der Waals surface area contributed by atoms with Crippen LogP contribution in [-0.2, 0) is 17.8 Å². The van der Waals surface area contributed by atoms with E-state index in [0.717, 1.165) is 20.9 Å². The van der Waals surface area contributed by atoms with Gasteiger partial charge in [0.15, 0.2) is 5.13 Å². The third-order valence-corrected chi connectivity index (χ3v) is 6.72. The fourth-order valence-corrected chi connectivity index (χ4v) is 5.15. The van der Waals surface area contributed by atoms with Crippen molar-refractivity contribution in [1.29, 1.82) is 0 Å². The molecular weight excluding hydrogens is 412 g/mol. The summed E-state index contributed by atoms with van der Waals surface area (Å²) in [5.41, 5.74) is 2.16. The van der Waals surface area contributed by atoms with Crippen LogP contribution in [0.2, 0.25) is 4.34 Å². The molecule has 4 nitrogen and oxygen atoms in total. The summed E-state index contributed by atoms with van der Waals surface area (Å²) in [6, 6.07) is 13.6. The summed E-state index contributed by atoms with van der Waals surface area (Å²) in [6.45, 7) is 4.65. The van der Waals surface area contributed by atoms with E-state index in [0.29, 0.717) is 21.9 Å². The lowest BCUT2D eigenvalue weighted by atomic mass is 10.0. The molecule has 0 saturated carbocycles. The van der Waals surface area contributed by atoms with E-state index in [1.807, 2.05) is 30.3 Å². The molecule has 0 bridgehead atoms. The zero-order valence-corrected chi connectivity index (χ0v) is 17.9. The number of para-hydroxylation sites is 1. The smallest absolute Gasteiger partial charge is 0.234 e. The maximum absolute atomic E-state index is 13.2. The molecule has 0 fully saturated rings. The highest BCUT2D eigenvalue weighted by atomic mass is 35.5. The number of carbonyl (C=O) groups excluding carboxylic acids is 1. The summed E-state index contributed by atoms with van der Waals surface area (Å²) in [5, 5.41) is 0.687. The van der Waals surface area contributed by atoms with Gasteiger partial charge in [0.1, 0.15) is 5.76 Å². The van der Waals surface area contributed by atoms with Gasteiger partial charge in [-0.1, -0.05) is 48.9 Å². The minimum absolute atomic E-state index is 0.0277. The molecule has 3 heterocycles. The summed E-state index contributed by atoms with van der Waals surface area (Å²) in [6.07, 6.45) is 1.90. The summed E-state index contributed by atoms with van der Waals surface area (Å²) in [5.74, 6) is 1.06. The van der Waals surface area contributed by atoms with Crippen LogP contribution in [0.15, 0.2) is 53.1 Å². The average Bonchev–Trinajstić information content (AvgIpc) is 3.39. The second-order valence-corrected chi connectivity index (χ2v) is 9.60. The van der Waals surface area contributed by atoms with Gasteiger partial charge in [-0.15, -0.1) is 11.3 Å². The first-order valence-corrected chi connectivity index (χ1v) is 11.0. The van der Waals surface area contributed by atoms with Crippen LogP contribution < -0.4 is 4.90 Å². The van der Waals surface area contributed by atoms with E-state index in [4.69, 9.17) is 21.0 Å². The van der Waals surface area contributed by atoms with Crippen LogP contribution in [0.4, 0.5) is 5.13 Å². The summed E-state index contributed by atoms with van der Waals surface area (Å²) in [4.78, 5) is 20.6. The second-order valence-electron chi connectivity index (χ2n) is 6.79. The lowest BCUT2D eigenvalue weighted by Crippen LogP contribution is -2.31. The van der Waals surface area contributed by atoms with Gasteiger partial charge in [0.25, 0.3) is 0 Å². The quantitative estimate of drug-likeness (QED) is 0.350. The first kappa shape index (κ1) is 19.2. The molecule has 0 atom stereocenters. The van der Waals surface area contributed by atoms with E-state index in [1.165, 1.54) is 28.2 Å². The molecule has 28 heavy (non-hydrogen) atoms. The Balaban J connectivity index is 1.71. The van der Waals surface area contributed by atoms with Crippen molar-refractivity contribution in [2.75, 3.05) is 4.90 Å². The number of rotatable bonds is 6. The Morgan fingerprint density at radius 2 is 2.04 bits per heavy atom. The third-order valence-electron chi connectivity index (χ3n) is 4.44. The van der Waals surface area contributed by atoms with Crippen LogP contribution >= 0.6 is 34.3 Å². The minimum Gasteiger partial charge on any atom is -0.467 e. The molecule has 144 valence electrons. The van der Waals surface area contributed by atoms with Gasteiger partial charge in [0.2, 0.25) is 5.91 Å². The van der Waals surface area contributed by atoms with E-state index >= 15 is 0 Å². The number of anilines is 1. The van der Waals surface area contributed by atoms with Crippen molar-refractivity contribution >= 4 is 55.5 Å². The van der Waals surface area contributed by atoms with E-state index < -0.39 is 0 Å². The molecule has 1 amide bonds. The van der Waals surface area contributed by atoms with Crippen molar-refractivity contribution in [3.05, 3.63) is 69.3 Å². The molecule has 0 aliphatic heterocycles. The number of furan rings is 1. The van der Waals surface area contributed by atoms with Gasteiger partial charge >= 0.3 is 0 Å². The van der Waals surface area contributed by atoms with E-state index in [1.54, 1.807) is 11.2 Å². The molecule has 0 aliphatic rings. The largest absolute Gasteiger partial charge is 0.467 e. The Labute approximate surface area is 176 Å². The van der Waals surface area contributed by atoms with Gasteiger partial charge < -0.3 is 4.42 Å². The normalized spacial score (nSPS) is 11.4. The van der Waals surface area contributed by atoms with Crippen LogP contribution in [0.3, 0.4) is 0 Å². The maximum Gasteiger partial charge on any atom is 0.234 e. The lowest BCUT2D eigenvalue weighted by molar-refractivity contribution is -0.118. The number of hydrogen-bond donors (Lipinski definition) is 0. The maximum atomic E-state index is 13.2. The molecular formula is C21H19ClN2O2S2. The highest BCUT2D eigenvalue weighted by Gasteiger charge is 2.23. The number of halogens is 1. The van der Waals surface area contributed by atoms with Crippen LogP contribution in [0.25, 0.3) is 10.2 Å². The topological polar surface area (TPSA) is 46.3 Å². The summed E-state index contributed by atoms with van der Waals surface area (Å²) >= 11 is 8.98. The molecule has 4 rings (SSSR count). The fraction of sp³-hybridized carbons (Fsp3) is 0.238. The van der Waals surface area contributed by atoms with Crippen molar-refractivity contribution in [1.82, 2.24) is 4.98 Å². The van der Waals surface area contributed by atoms with E-state index in [-0.39, 0.29) is 12.3 Å². The molecule has 0 radical (unpaired) electrons. The van der Waals surface area contributed by atoms with Gasteiger partial charge in [-0.25, -0.2) is 4.98 Å². The first-order valence-electron chi connectivity index (χ1n) is 8.97. The fourth-order valence-electron chi connectivity index (χ4n) is 3.05. The first-order chi connectivity index (χ1) is 13.5. The zero-order chi connectivity index (χ0) is 19.7. The Kier molecular flexibility index (Phi) is 5.53. The Bertz CT molecular complexity index is 1100.